The molecule has 1 heterocycles. The Hall–Kier alpha value is -1.97. The van der Waals surface area contributed by atoms with Crippen LogP contribution < -0.4 is 5.36 Å². The molecule has 1 N–H and O–H groups in total. The lowest BCUT2D eigenvalue weighted by Gasteiger charge is -2.19. The minimum absolute atomic E-state index is 0.0741. The van der Waals surface area contributed by atoms with Gasteiger partial charge in [0, 0.05) is 22.0 Å². The van der Waals surface area contributed by atoms with E-state index in [9.17, 15) is 5.21 Å². The molecule has 0 spiro atoms. The molecule has 0 aliphatic rings. The Balaban J connectivity index is 2.21. The zero-order valence-electron chi connectivity index (χ0n) is 13.6. The average molecular weight is 362 g/mol. The van der Waals surface area contributed by atoms with Crippen LogP contribution in [0.4, 0.5) is 0 Å². The van der Waals surface area contributed by atoms with Crippen LogP contribution in [0, 0.1) is 0 Å². The van der Waals surface area contributed by atoms with Crippen LogP contribution in [0.2, 0.25) is 10.0 Å². The summed E-state index contributed by atoms with van der Waals surface area (Å²) in [5.74, 6) is 0.569. The Labute approximate surface area is 150 Å². The molecule has 3 aromatic rings. The maximum absolute atomic E-state index is 9.34. The fourth-order valence-electron chi connectivity index (χ4n) is 2.56. The van der Waals surface area contributed by atoms with E-state index in [-0.39, 0.29) is 5.41 Å². The van der Waals surface area contributed by atoms with Crippen molar-refractivity contribution >= 4 is 34.2 Å². The van der Waals surface area contributed by atoms with Gasteiger partial charge in [0.15, 0.2) is 5.58 Å². The summed E-state index contributed by atoms with van der Waals surface area (Å²) in [6.07, 6.45) is 0. The normalized spacial score (nSPS) is 12.8. The summed E-state index contributed by atoms with van der Waals surface area (Å²) < 4.78 is 5.94. The number of benzene rings is 2. The Morgan fingerprint density at radius 3 is 2.25 bits per heavy atom. The number of rotatable bonds is 1. The van der Waals surface area contributed by atoms with E-state index >= 15 is 0 Å². The Bertz CT molecular complexity index is 968. The summed E-state index contributed by atoms with van der Waals surface area (Å²) in [5.41, 5.74) is 2.61. The first-order valence-corrected chi connectivity index (χ1v) is 8.27. The van der Waals surface area contributed by atoms with Gasteiger partial charge in [-0.15, -0.1) is 0 Å². The van der Waals surface area contributed by atoms with E-state index in [2.05, 4.69) is 38.1 Å². The van der Waals surface area contributed by atoms with E-state index < -0.39 is 0 Å². The molecule has 124 valence electrons. The second-order valence-corrected chi connectivity index (χ2v) is 7.53. The van der Waals surface area contributed by atoms with Crippen molar-refractivity contribution in [2.45, 2.75) is 26.2 Å². The molecule has 3 nitrogen and oxygen atoms in total. The number of hydrogen-bond donors (Lipinski definition) is 1. The molecule has 0 aliphatic heterocycles. The fourth-order valence-corrected chi connectivity index (χ4v) is 3.09. The average Bonchev–Trinajstić information content (AvgIpc) is 2.53. The van der Waals surface area contributed by atoms with Crippen molar-refractivity contribution in [2.24, 2.45) is 5.16 Å². The van der Waals surface area contributed by atoms with Crippen LogP contribution in [0.1, 0.15) is 26.3 Å². The topological polar surface area (TPSA) is 45.7 Å². The number of hydrogen-bond acceptors (Lipinski definition) is 3. The summed E-state index contributed by atoms with van der Waals surface area (Å²) >= 11 is 12.3. The summed E-state index contributed by atoms with van der Waals surface area (Å²) in [4.78, 5) is 0. The van der Waals surface area contributed by atoms with Crippen LogP contribution in [-0.4, -0.2) is 5.21 Å². The lowest BCUT2D eigenvalue weighted by molar-refractivity contribution is 0.302. The van der Waals surface area contributed by atoms with Crippen LogP contribution in [0.15, 0.2) is 52.0 Å². The van der Waals surface area contributed by atoms with Crippen LogP contribution >= 0.6 is 23.2 Å². The fraction of sp³-hybridized carbons (Fsp3) is 0.211. The lowest BCUT2D eigenvalue weighted by atomic mass is 9.86. The standard InChI is InChI=1S/C19H17Cl2NO2/c1-19(2,3)12-6-4-11(5-7-12)17-10-16(22-23)14-8-13(20)9-15(21)18(14)24-17/h4-10,23H,1-3H3/b22-16-. The Kier molecular flexibility index (Phi) is 4.33. The van der Waals surface area contributed by atoms with Gasteiger partial charge in [0.25, 0.3) is 0 Å². The molecule has 0 fully saturated rings. The monoisotopic (exact) mass is 361 g/mol. The minimum atomic E-state index is 0.0741. The first-order chi connectivity index (χ1) is 11.3. The molecule has 0 radical (unpaired) electrons. The predicted octanol–water partition coefficient (Wildman–Crippen LogP) is 5.99. The smallest absolute Gasteiger partial charge is 0.155 e. The molecular weight excluding hydrogens is 345 g/mol. The van der Waals surface area contributed by atoms with Gasteiger partial charge in [-0.05, 0) is 23.1 Å². The zero-order chi connectivity index (χ0) is 17.5. The van der Waals surface area contributed by atoms with Gasteiger partial charge in [0.05, 0.1) is 5.02 Å². The highest BCUT2D eigenvalue weighted by Crippen LogP contribution is 2.31. The quantitative estimate of drug-likeness (QED) is 0.427. The van der Waals surface area contributed by atoms with E-state index in [4.69, 9.17) is 27.6 Å². The highest BCUT2D eigenvalue weighted by molar-refractivity contribution is 6.38. The maximum Gasteiger partial charge on any atom is 0.155 e. The molecule has 24 heavy (non-hydrogen) atoms. The zero-order valence-corrected chi connectivity index (χ0v) is 15.1. The molecule has 5 heteroatoms. The summed E-state index contributed by atoms with van der Waals surface area (Å²) in [5, 5.41) is 14.4. The third kappa shape index (κ3) is 3.14. The van der Waals surface area contributed by atoms with Crippen LogP contribution in [-0.2, 0) is 5.41 Å². The van der Waals surface area contributed by atoms with Gasteiger partial charge in [0.2, 0.25) is 0 Å². The first kappa shape index (κ1) is 16.9. The highest BCUT2D eigenvalue weighted by Gasteiger charge is 2.14. The molecule has 0 saturated carbocycles. The molecule has 0 aliphatic carbocycles. The number of fused-ring (bicyclic) bond motifs is 1. The lowest BCUT2D eigenvalue weighted by Crippen LogP contribution is -2.10. The third-order valence-electron chi connectivity index (χ3n) is 3.91. The Morgan fingerprint density at radius 1 is 1.00 bits per heavy atom. The van der Waals surface area contributed by atoms with Gasteiger partial charge in [-0.3, -0.25) is 0 Å². The number of halogens is 2. The second kappa shape index (κ2) is 6.15. The van der Waals surface area contributed by atoms with Crippen molar-refractivity contribution in [2.75, 3.05) is 0 Å². The van der Waals surface area contributed by atoms with E-state index in [1.165, 1.54) is 5.56 Å². The molecule has 1 aromatic heterocycles. The molecule has 0 amide bonds. The first-order valence-electron chi connectivity index (χ1n) is 7.51. The van der Waals surface area contributed by atoms with E-state index in [1.807, 2.05) is 12.1 Å². The van der Waals surface area contributed by atoms with E-state index in [0.29, 0.717) is 32.1 Å². The van der Waals surface area contributed by atoms with Crippen LogP contribution in [0.25, 0.3) is 22.3 Å². The van der Waals surface area contributed by atoms with Gasteiger partial charge in [-0.1, -0.05) is 73.4 Å². The molecular formula is C19H17Cl2NO2. The molecule has 3 rings (SSSR count). The van der Waals surface area contributed by atoms with Crippen molar-refractivity contribution < 1.29 is 9.62 Å². The largest absolute Gasteiger partial charge is 0.454 e. The van der Waals surface area contributed by atoms with Crippen molar-refractivity contribution in [1.29, 1.82) is 0 Å². The van der Waals surface area contributed by atoms with Crippen molar-refractivity contribution in [1.82, 2.24) is 0 Å². The van der Waals surface area contributed by atoms with Crippen molar-refractivity contribution in [3.05, 3.63) is 63.4 Å². The second-order valence-electron chi connectivity index (χ2n) is 6.69. The van der Waals surface area contributed by atoms with Gasteiger partial charge in [-0.2, -0.15) is 0 Å². The van der Waals surface area contributed by atoms with Gasteiger partial charge in [-0.25, -0.2) is 0 Å². The maximum atomic E-state index is 9.34. The highest BCUT2D eigenvalue weighted by atomic mass is 35.5. The van der Waals surface area contributed by atoms with E-state index in [1.54, 1.807) is 18.2 Å². The van der Waals surface area contributed by atoms with Crippen LogP contribution in [0.3, 0.4) is 0 Å². The van der Waals surface area contributed by atoms with Gasteiger partial charge in [0.1, 0.15) is 11.1 Å². The van der Waals surface area contributed by atoms with Gasteiger partial charge >= 0.3 is 0 Å². The van der Waals surface area contributed by atoms with E-state index in [0.717, 1.165) is 5.56 Å². The summed E-state index contributed by atoms with van der Waals surface area (Å²) in [6.45, 7) is 6.48. The number of nitrogens with zero attached hydrogens (tertiary/aromatic N) is 1. The minimum Gasteiger partial charge on any atom is -0.454 e. The molecule has 2 aromatic carbocycles. The van der Waals surface area contributed by atoms with Crippen molar-refractivity contribution in [3.63, 3.8) is 0 Å². The van der Waals surface area contributed by atoms with Crippen LogP contribution in [0.5, 0.6) is 0 Å². The molecule has 0 unspecified atom stereocenters. The molecule has 0 saturated heterocycles. The Morgan fingerprint density at radius 2 is 1.67 bits per heavy atom. The molecule has 0 bridgehead atoms. The summed E-state index contributed by atoms with van der Waals surface area (Å²) in [7, 11) is 0. The van der Waals surface area contributed by atoms with Crippen molar-refractivity contribution in [3.8, 4) is 11.3 Å². The SMILES string of the molecule is CC(C)(C)c1ccc(-c2c/c(=N/O)c3cc(Cl)cc(Cl)c3o2)cc1. The molecule has 0 atom stereocenters. The predicted molar refractivity (Wildman–Crippen MR) is 97.7 cm³/mol. The third-order valence-corrected chi connectivity index (χ3v) is 4.41. The summed E-state index contributed by atoms with van der Waals surface area (Å²) in [6, 6.07) is 13.0. The van der Waals surface area contributed by atoms with Gasteiger partial charge < -0.3 is 9.62 Å².